The van der Waals surface area contributed by atoms with Gasteiger partial charge in [0.05, 0.1) is 17.4 Å². The van der Waals surface area contributed by atoms with Crippen LogP contribution in [0.25, 0.3) is 0 Å². The van der Waals surface area contributed by atoms with Crippen LogP contribution < -0.4 is 5.32 Å². The second-order valence-corrected chi connectivity index (χ2v) is 6.98. The number of amides is 1. The van der Waals surface area contributed by atoms with E-state index < -0.39 is 0 Å². The number of nitrogens with zero attached hydrogens (tertiary/aromatic N) is 2. The van der Waals surface area contributed by atoms with E-state index in [0.29, 0.717) is 18.0 Å². The summed E-state index contributed by atoms with van der Waals surface area (Å²) in [7, 11) is 1.81. The minimum absolute atomic E-state index is 0.0489. The molecule has 0 aliphatic carbocycles. The molecule has 0 bridgehead atoms. The van der Waals surface area contributed by atoms with Gasteiger partial charge in [0.2, 0.25) is 0 Å². The molecule has 0 spiro atoms. The predicted octanol–water partition coefficient (Wildman–Crippen LogP) is 5.22. The predicted molar refractivity (Wildman–Crippen MR) is 110 cm³/mol. The molecule has 0 unspecified atom stereocenters. The topological polar surface area (TPSA) is 45.2 Å². The van der Waals surface area contributed by atoms with E-state index in [-0.39, 0.29) is 5.91 Å². The number of benzene rings is 2. The Balaban J connectivity index is 1.76. The number of carbonyl (C=O) groups is 1. The lowest BCUT2D eigenvalue weighted by atomic mass is 10.0. The molecule has 138 valence electrons. The SMILES string of the molecule is CC(C)c1ccccc1Nc1cncc(C(=O)N(C)Cc2ccccc2)c1. The number of pyridine rings is 1. The molecule has 0 aliphatic rings. The van der Waals surface area contributed by atoms with Gasteiger partial charge in [0.15, 0.2) is 0 Å². The van der Waals surface area contributed by atoms with Gasteiger partial charge in [-0.1, -0.05) is 62.4 Å². The molecule has 1 amide bonds. The molecule has 1 aromatic heterocycles. The third kappa shape index (κ3) is 4.73. The van der Waals surface area contributed by atoms with Gasteiger partial charge in [0, 0.05) is 25.5 Å². The Morgan fingerprint density at radius 3 is 2.48 bits per heavy atom. The molecule has 0 saturated carbocycles. The minimum atomic E-state index is -0.0489. The summed E-state index contributed by atoms with van der Waals surface area (Å²) in [5, 5.41) is 3.40. The summed E-state index contributed by atoms with van der Waals surface area (Å²) in [5.74, 6) is 0.357. The summed E-state index contributed by atoms with van der Waals surface area (Å²) in [6.45, 7) is 4.89. The third-order valence-electron chi connectivity index (χ3n) is 4.46. The Kier molecular flexibility index (Phi) is 5.87. The second-order valence-electron chi connectivity index (χ2n) is 6.98. The van der Waals surface area contributed by atoms with Crippen LogP contribution in [0.3, 0.4) is 0 Å². The summed E-state index contributed by atoms with van der Waals surface area (Å²) in [5.41, 5.74) is 4.75. The molecule has 0 atom stereocenters. The van der Waals surface area contributed by atoms with Gasteiger partial charge in [0.1, 0.15) is 0 Å². The van der Waals surface area contributed by atoms with Crippen molar-refractivity contribution < 1.29 is 4.79 Å². The van der Waals surface area contributed by atoms with Crippen LogP contribution in [0.1, 0.15) is 41.3 Å². The van der Waals surface area contributed by atoms with Gasteiger partial charge in [-0.05, 0) is 29.2 Å². The van der Waals surface area contributed by atoms with Crippen LogP contribution in [-0.2, 0) is 6.54 Å². The van der Waals surface area contributed by atoms with Crippen LogP contribution in [0.2, 0.25) is 0 Å². The van der Waals surface area contributed by atoms with Crippen molar-refractivity contribution in [1.29, 1.82) is 0 Å². The third-order valence-corrected chi connectivity index (χ3v) is 4.46. The van der Waals surface area contributed by atoms with Crippen molar-refractivity contribution in [2.24, 2.45) is 0 Å². The number of rotatable bonds is 6. The maximum Gasteiger partial charge on any atom is 0.255 e. The van der Waals surface area contributed by atoms with Crippen molar-refractivity contribution >= 4 is 17.3 Å². The maximum atomic E-state index is 12.8. The second kappa shape index (κ2) is 8.49. The van der Waals surface area contributed by atoms with Crippen molar-refractivity contribution in [1.82, 2.24) is 9.88 Å². The van der Waals surface area contributed by atoms with Crippen molar-refractivity contribution in [2.75, 3.05) is 12.4 Å². The Hall–Kier alpha value is -3.14. The molecular weight excluding hydrogens is 334 g/mol. The zero-order valence-corrected chi connectivity index (χ0v) is 16.0. The number of carbonyl (C=O) groups excluding carboxylic acids is 1. The van der Waals surface area contributed by atoms with E-state index in [0.717, 1.165) is 16.9 Å². The van der Waals surface area contributed by atoms with Crippen LogP contribution in [0.4, 0.5) is 11.4 Å². The quantitative estimate of drug-likeness (QED) is 0.656. The van der Waals surface area contributed by atoms with E-state index in [1.54, 1.807) is 17.3 Å². The van der Waals surface area contributed by atoms with Crippen molar-refractivity contribution in [3.05, 3.63) is 89.7 Å². The lowest BCUT2D eigenvalue weighted by Gasteiger charge is -2.18. The molecule has 0 radical (unpaired) electrons. The van der Waals surface area contributed by atoms with E-state index >= 15 is 0 Å². The molecule has 4 heteroatoms. The highest BCUT2D eigenvalue weighted by Gasteiger charge is 2.14. The largest absolute Gasteiger partial charge is 0.354 e. The highest BCUT2D eigenvalue weighted by molar-refractivity contribution is 5.94. The zero-order chi connectivity index (χ0) is 19.2. The van der Waals surface area contributed by atoms with E-state index in [1.165, 1.54) is 5.56 Å². The fourth-order valence-electron chi connectivity index (χ4n) is 3.04. The summed E-state index contributed by atoms with van der Waals surface area (Å²) in [4.78, 5) is 18.7. The van der Waals surface area contributed by atoms with Gasteiger partial charge in [-0.2, -0.15) is 0 Å². The van der Waals surface area contributed by atoms with Gasteiger partial charge in [-0.25, -0.2) is 0 Å². The first-order valence-corrected chi connectivity index (χ1v) is 9.15. The Bertz CT molecular complexity index is 906. The molecule has 2 aromatic carbocycles. The average molecular weight is 359 g/mol. The van der Waals surface area contributed by atoms with Crippen LogP contribution >= 0.6 is 0 Å². The Morgan fingerprint density at radius 1 is 1.04 bits per heavy atom. The summed E-state index contributed by atoms with van der Waals surface area (Å²) in [6.07, 6.45) is 3.36. The maximum absolute atomic E-state index is 12.8. The van der Waals surface area contributed by atoms with E-state index in [2.05, 4.69) is 30.2 Å². The fraction of sp³-hybridized carbons (Fsp3) is 0.217. The molecule has 4 nitrogen and oxygen atoms in total. The molecule has 1 N–H and O–H groups in total. The van der Waals surface area contributed by atoms with Gasteiger partial charge in [0.25, 0.3) is 5.91 Å². The number of hydrogen-bond acceptors (Lipinski definition) is 3. The minimum Gasteiger partial charge on any atom is -0.354 e. The smallest absolute Gasteiger partial charge is 0.255 e. The van der Waals surface area contributed by atoms with Crippen molar-refractivity contribution in [2.45, 2.75) is 26.3 Å². The highest BCUT2D eigenvalue weighted by Crippen LogP contribution is 2.27. The van der Waals surface area contributed by atoms with Crippen LogP contribution in [0, 0.1) is 0 Å². The number of anilines is 2. The summed E-state index contributed by atoms with van der Waals surface area (Å²) >= 11 is 0. The molecule has 0 fully saturated rings. The molecule has 1 heterocycles. The molecular formula is C23H25N3O. The van der Waals surface area contributed by atoms with Crippen LogP contribution in [0.5, 0.6) is 0 Å². The lowest BCUT2D eigenvalue weighted by molar-refractivity contribution is 0.0784. The van der Waals surface area contributed by atoms with Gasteiger partial charge >= 0.3 is 0 Å². The molecule has 27 heavy (non-hydrogen) atoms. The number of hydrogen-bond donors (Lipinski definition) is 1. The average Bonchev–Trinajstić information content (AvgIpc) is 2.68. The fourth-order valence-corrected chi connectivity index (χ4v) is 3.04. The van der Waals surface area contributed by atoms with E-state index in [9.17, 15) is 4.79 Å². The Morgan fingerprint density at radius 2 is 1.74 bits per heavy atom. The molecule has 3 rings (SSSR count). The first-order chi connectivity index (χ1) is 13.0. The van der Waals surface area contributed by atoms with Gasteiger partial charge in [-0.15, -0.1) is 0 Å². The van der Waals surface area contributed by atoms with Gasteiger partial charge in [-0.3, -0.25) is 9.78 Å². The van der Waals surface area contributed by atoms with Crippen molar-refractivity contribution in [3.8, 4) is 0 Å². The monoisotopic (exact) mass is 359 g/mol. The normalized spacial score (nSPS) is 10.7. The van der Waals surface area contributed by atoms with Crippen LogP contribution in [0.15, 0.2) is 73.1 Å². The number of para-hydroxylation sites is 1. The molecule has 3 aromatic rings. The lowest BCUT2D eigenvalue weighted by Crippen LogP contribution is -2.26. The standard InChI is InChI=1S/C23H25N3O/c1-17(2)21-11-7-8-12-22(21)25-20-13-19(14-24-15-20)23(27)26(3)16-18-9-5-4-6-10-18/h4-15,17,25H,16H2,1-3H3. The number of aromatic nitrogens is 1. The molecule has 0 aliphatic heterocycles. The first-order valence-electron chi connectivity index (χ1n) is 9.15. The van der Waals surface area contributed by atoms with Crippen LogP contribution in [-0.4, -0.2) is 22.8 Å². The summed E-state index contributed by atoms with van der Waals surface area (Å²) < 4.78 is 0. The van der Waals surface area contributed by atoms with E-state index in [4.69, 9.17) is 0 Å². The van der Waals surface area contributed by atoms with Gasteiger partial charge < -0.3 is 10.2 Å². The first kappa shape index (κ1) is 18.6. The highest BCUT2D eigenvalue weighted by atomic mass is 16.2. The Labute approximate surface area is 160 Å². The van der Waals surface area contributed by atoms with Crippen molar-refractivity contribution in [3.63, 3.8) is 0 Å². The number of nitrogens with one attached hydrogen (secondary N) is 1. The molecule has 0 saturated heterocycles. The van der Waals surface area contributed by atoms with E-state index in [1.807, 2.05) is 61.6 Å². The zero-order valence-electron chi connectivity index (χ0n) is 16.0. The summed E-state index contributed by atoms with van der Waals surface area (Å²) in [6, 6.07) is 20.0.